The summed E-state index contributed by atoms with van der Waals surface area (Å²) < 4.78 is 0. The number of Topliss-reactive ketones (excluding diaryl/α,β-unsaturated/α-hetero) is 2. The summed E-state index contributed by atoms with van der Waals surface area (Å²) in [6.07, 6.45) is 18.3. The van der Waals surface area contributed by atoms with Gasteiger partial charge < -0.3 is 0 Å². The van der Waals surface area contributed by atoms with E-state index >= 15 is 0 Å². The van der Waals surface area contributed by atoms with Crippen molar-refractivity contribution in [1.29, 1.82) is 0 Å². The van der Waals surface area contributed by atoms with E-state index in [4.69, 9.17) is 0 Å². The van der Waals surface area contributed by atoms with Crippen molar-refractivity contribution in [3.05, 3.63) is 0 Å². The van der Waals surface area contributed by atoms with Crippen LogP contribution in [0, 0.1) is 29.6 Å². The lowest BCUT2D eigenvalue weighted by Crippen LogP contribution is -2.22. The highest BCUT2D eigenvalue weighted by Crippen LogP contribution is 2.41. The summed E-state index contributed by atoms with van der Waals surface area (Å²) in [5.41, 5.74) is 0. The van der Waals surface area contributed by atoms with Gasteiger partial charge >= 0.3 is 0 Å². The Morgan fingerprint density at radius 1 is 0.769 bits per heavy atom. The van der Waals surface area contributed by atoms with Crippen LogP contribution in [-0.2, 0) is 9.59 Å². The molecule has 148 valence electrons. The van der Waals surface area contributed by atoms with Gasteiger partial charge in [-0.25, -0.2) is 0 Å². The summed E-state index contributed by atoms with van der Waals surface area (Å²) >= 11 is 0. The van der Waals surface area contributed by atoms with Crippen LogP contribution < -0.4 is 0 Å². The van der Waals surface area contributed by atoms with E-state index in [0.717, 1.165) is 43.4 Å². The van der Waals surface area contributed by atoms with Crippen LogP contribution in [0.5, 0.6) is 0 Å². The average Bonchev–Trinajstić information content (AvgIpc) is 2.86. The summed E-state index contributed by atoms with van der Waals surface area (Å²) in [5, 5.41) is 0. The number of ketones is 2. The minimum absolute atomic E-state index is 0.304. The van der Waals surface area contributed by atoms with Gasteiger partial charge in [-0.3, -0.25) is 9.59 Å². The highest BCUT2D eigenvalue weighted by molar-refractivity contribution is 5.82. The number of carbonyl (C=O) groups is 2. The Morgan fingerprint density at radius 3 is 2.23 bits per heavy atom. The Balaban J connectivity index is 1.35. The fourth-order valence-corrected chi connectivity index (χ4v) is 6.00. The van der Waals surface area contributed by atoms with Gasteiger partial charge in [0, 0.05) is 25.2 Å². The van der Waals surface area contributed by atoms with E-state index in [2.05, 4.69) is 6.92 Å². The molecule has 3 aliphatic carbocycles. The molecule has 2 heteroatoms. The third-order valence-electron chi connectivity index (χ3n) is 7.77. The van der Waals surface area contributed by atoms with E-state index < -0.39 is 0 Å². The molecule has 3 fully saturated rings. The SMILES string of the molecule is CC1CCC(CC(=O)CCCC(=O)C2CCCC3CCCCC3C2)CC1. The molecule has 0 aromatic carbocycles. The first-order valence-electron chi connectivity index (χ1n) is 11.7. The molecule has 3 aliphatic rings. The van der Waals surface area contributed by atoms with Gasteiger partial charge in [-0.2, -0.15) is 0 Å². The van der Waals surface area contributed by atoms with Crippen molar-refractivity contribution < 1.29 is 9.59 Å². The van der Waals surface area contributed by atoms with Gasteiger partial charge in [0.1, 0.15) is 11.6 Å². The molecule has 3 saturated carbocycles. The van der Waals surface area contributed by atoms with Crippen LogP contribution in [0.4, 0.5) is 0 Å². The second-order valence-electron chi connectivity index (χ2n) is 9.86. The molecule has 26 heavy (non-hydrogen) atoms. The maximum absolute atomic E-state index is 12.7. The molecule has 3 rings (SSSR count). The quantitative estimate of drug-likeness (QED) is 0.518. The summed E-state index contributed by atoms with van der Waals surface area (Å²) in [7, 11) is 0. The number of rotatable bonds is 7. The number of fused-ring (bicyclic) bond motifs is 1. The number of hydrogen-bond donors (Lipinski definition) is 0. The maximum Gasteiger partial charge on any atom is 0.135 e. The lowest BCUT2D eigenvalue weighted by molar-refractivity contribution is -0.124. The van der Waals surface area contributed by atoms with Gasteiger partial charge in [-0.05, 0) is 55.8 Å². The van der Waals surface area contributed by atoms with Gasteiger partial charge in [-0.1, -0.05) is 58.3 Å². The highest BCUT2D eigenvalue weighted by Gasteiger charge is 2.32. The van der Waals surface area contributed by atoms with Crippen LogP contribution in [0.3, 0.4) is 0 Å². The lowest BCUT2D eigenvalue weighted by Gasteiger charge is -2.30. The van der Waals surface area contributed by atoms with E-state index in [-0.39, 0.29) is 0 Å². The van der Waals surface area contributed by atoms with Gasteiger partial charge in [0.05, 0.1) is 0 Å². The topological polar surface area (TPSA) is 34.1 Å². The first-order valence-corrected chi connectivity index (χ1v) is 11.7. The molecule has 0 aromatic heterocycles. The van der Waals surface area contributed by atoms with Gasteiger partial charge in [0.15, 0.2) is 0 Å². The molecule has 0 aromatic rings. The predicted molar refractivity (Wildman–Crippen MR) is 107 cm³/mol. The second-order valence-corrected chi connectivity index (χ2v) is 9.86. The predicted octanol–water partition coefficient (Wildman–Crippen LogP) is 6.51. The van der Waals surface area contributed by atoms with Crippen molar-refractivity contribution >= 4 is 11.6 Å². The molecule has 0 bridgehead atoms. The normalized spacial score (nSPS) is 35.3. The first kappa shape index (κ1) is 20.1. The summed E-state index contributed by atoms with van der Waals surface area (Å²) in [6, 6.07) is 0. The minimum Gasteiger partial charge on any atom is -0.300 e. The molecule has 3 unspecified atom stereocenters. The Kier molecular flexibility index (Phi) is 7.76. The average molecular weight is 361 g/mol. The van der Waals surface area contributed by atoms with Crippen LogP contribution in [0.15, 0.2) is 0 Å². The fourth-order valence-electron chi connectivity index (χ4n) is 6.00. The summed E-state index contributed by atoms with van der Waals surface area (Å²) in [6.45, 7) is 2.33. The van der Waals surface area contributed by atoms with Gasteiger partial charge in [0.25, 0.3) is 0 Å². The third kappa shape index (κ3) is 5.92. The molecular weight excluding hydrogens is 320 g/mol. The Bertz CT molecular complexity index is 461. The standard InChI is InChI=1S/C24H40O2/c1-18-12-14-19(15-13-18)16-23(25)10-5-11-24(26)22-9-4-8-20-6-2-3-7-21(20)17-22/h18-22H,2-17H2,1H3. The first-order chi connectivity index (χ1) is 12.6. The molecule has 0 heterocycles. The van der Waals surface area contributed by atoms with Crippen LogP contribution in [-0.4, -0.2) is 11.6 Å². The maximum atomic E-state index is 12.7. The summed E-state index contributed by atoms with van der Waals surface area (Å²) in [5.74, 6) is 4.37. The number of hydrogen-bond acceptors (Lipinski definition) is 2. The summed E-state index contributed by atoms with van der Waals surface area (Å²) in [4.78, 5) is 25.0. The van der Waals surface area contributed by atoms with Crippen molar-refractivity contribution in [2.75, 3.05) is 0 Å². The van der Waals surface area contributed by atoms with Gasteiger partial charge in [0.2, 0.25) is 0 Å². The molecule has 0 amide bonds. The van der Waals surface area contributed by atoms with E-state index in [0.29, 0.717) is 36.2 Å². The number of carbonyl (C=O) groups excluding carboxylic acids is 2. The monoisotopic (exact) mass is 360 g/mol. The third-order valence-corrected chi connectivity index (χ3v) is 7.77. The Hall–Kier alpha value is -0.660. The second kappa shape index (κ2) is 10.0. The zero-order valence-corrected chi connectivity index (χ0v) is 17.0. The van der Waals surface area contributed by atoms with Crippen LogP contribution >= 0.6 is 0 Å². The molecule has 0 N–H and O–H groups in total. The van der Waals surface area contributed by atoms with Crippen molar-refractivity contribution in [2.24, 2.45) is 29.6 Å². The van der Waals surface area contributed by atoms with Crippen LogP contribution in [0.25, 0.3) is 0 Å². The van der Waals surface area contributed by atoms with Crippen molar-refractivity contribution in [3.8, 4) is 0 Å². The van der Waals surface area contributed by atoms with Crippen molar-refractivity contribution in [1.82, 2.24) is 0 Å². The molecule has 3 atom stereocenters. The molecule has 0 radical (unpaired) electrons. The minimum atomic E-state index is 0.304. The zero-order chi connectivity index (χ0) is 18.4. The largest absolute Gasteiger partial charge is 0.300 e. The lowest BCUT2D eigenvalue weighted by atomic mass is 9.75. The smallest absolute Gasteiger partial charge is 0.135 e. The molecule has 0 spiro atoms. The molecule has 2 nitrogen and oxygen atoms in total. The van der Waals surface area contributed by atoms with Crippen LogP contribution in [0.1, 0.15) is 110 Å². The van der Waals surface area contributed by atoms with Crippen molar-refractivity contribution in [2.45, 2.75) is 110 Å². The molecule has 0 aliphatic heterocycles. The van der Waals surface area contributed by atoms with E-state index in [9.17, 15) is 9.59 Å². The van der Waals surface area contributed by atoms with Crippen LogP contribution in [0.2, 0.25) is 0 Å². The van der Waals surface area contributed by atoms with E-state index in [1.54, 1.807) is 0 Å². The zero-order valence-electron chi connectivity index (χ0n) is 17.0. The van der Waals surface area contributed by atoms with Crippen molar-refractivity contribution in [3.63, 3.8) is 0 Å². The highest BCUT2D eigenvalue weighted by atomic mass is 16.1. The Labute approximate surface area is 160 Å². The Morgan fingerprint density at radius 2 is 1.46 bits per heavy atom. The van der Waals surface area contributed by atoms with E-state index in [1.807, 2.05) is 0 Å². The molecule has 0 saturated heterocycles. The van der Waals surface area contributed by atoms with Gasteiger partial charge in [-0.15, -0.1) is 0 Å². The fraction of sp³-hybridized carbons (Fsp3) is 0.917. The molecular formula is C24H40O2. The van der Waals surface area contributed by atoms with E-state index in [1.165, 1.54) is 64.2 Å².